The predicted octanol–water partition coefficient (Wildman–Crippen LogP) is 4.40. The molecule has 0 spiro atoms. The number of esters is 1. The van der Waals surface area contributed by atoms with Crippen molar-refractivity contribution in [1.82, 2.24) is 4.90 Å². The molecule has 0 saturated carbocycles. The van der Waals surface area contributed by atoms with E-state index in [9.17, 15) is 4.79 Å². The van der Waals surface area contributed by atoms with E-state index in [1.807, 2.05) is 0 Å². The Labute approximate surface area is 126 Å². The van der Waals surface area contributed by atoms with Gasteiger partial charge in [-0.3, -0.25) is 4.79 Å². The molecule has 0 heterocycles. The van der Waals surface area contributed by atoms with Crippen molar-refractivity contribution < 1.29 is 9.53 Å². The van der Waals surface area contributed by atoms with Crippen LogP contribution in [-0.2, 0) is 9.53 Å². The largest absolute Gasteiger partial charge is 0.466 e. The molecule has 0 fully saturated rings. The van der Waals surface area contributed by atoms with Crippen molar-refractivity contribution >= 4 is 5.97 Å². The highest BCUT2D eigenvalue weighted by atomic mass is 16.5. The van der Waals surface area contributed by atoms with E-state index < -0.39 is 0 Å². The molecule has 0 rings (SSSR count). The summed E-state index contributed by atoms with van der Waals surface area (Å²) in [4.78, 5) is 13.9. The summed E-state index contributed by atoms with van der Waals surface area (Å²) in [5.41, 5.74) is 0. The van der Waals surface area contributed by atoms with Gasteiger partial charge in [0.1, 0.15) is 0 Å². The Hall–Kier alpha value is -0.570. The Morgan fingerprint density at radius 1 is 0.850 bits per heavy atom. The van der Waals surface area contributed by atoms with Crippen LogP contribution < -0.4 is 0 Å². The lowest BCUT2D eigenvalue weighted by Crippen LogP contribution is -2.24. The van der Waals surface area contributed by atoms with Gasteiger partial charge in [-0.15, -0.1) is 0 Å². The summed E-state index contributed by atoms with van der Waals surface area (Å²) in [6, 6.07) is 0. The van der Waals surface area contributed by atoms with E-state index in [-0.39, 0.29) is 5.97 Å². The number of rotatable bonds is 14. The topological polar surface area (TPSA) is 29.5 Å². The van der Waals surface area contributed by atoms with Crippen molar-refractivity contribution in [2.45, 2.75) is 78.6 Å². The van der Waals surface area contributed by atoms with Gasteiger partial charge in [0.2, 0.25) is 0 Å². The Kier molecular flexibility index (Phi) is 14.4. The summed E-state index contributed by atoms with van der Waals surface area (Å²) in [5, 5.41) is 0. The third kappa shape index (κ3) is 12.5. The van der Waals surface area contributed by atoms with E-state index in [0.717, 1.165) is 32.5 Å². The van der Waals surface area contributed by atoms with Crippen LogP contribution in [0.2, 0.25) is 0 Å². The van der Waals surface area contributed by atoms with Gasteiger partial charge in [0.25, 0.3) is 0 Å². The van der Waals surface area contributed by atoms with Gasteiger partial charge in [0.15, 0.2) is 0 Å². The average Bonchev–Trinajstić information content (AvgIpc) is 2.46. The molecule has 20 heavy (non-hydrogen) atoms. The molecule has 0 aliphatic heterocycles. The number of carbonyl (C=O) groups is 1. The highest BCUT2D eigenvalue weighted by molar-refractivity contribution is 5.69. The first-order valence-corrected chi connectivity index (χ1v) is 8.62. The number of unbranched alkanes of at least 4 members (excludes halogenated alkanes) is 6. The minimum Gasteiger partial charge on any atom is -0.466 e. The Balaban J connectivity index is 3.28. The quantitative estimate of drug-likeness (QED) is 0.350. The zero-order valence-corrected chi connectivity index (χ0v) is 14.0. The minimum absolute atomic E-state index is 0.0249. The van der Waals surface area contributed by atoms with Crippen molar-refractivity contribution in [2.75, 3.05) is 26.2 Å². The average molecular weight is 285 g/mol. The van der Waals surface area contributed by atoms with E-state index in [1.54, 1.807) is 0 Å². The monoisotopic (exact) mass is 285 g/mol. The molecule has 0 saturated heterocycles. The highest BCUT2D eigenvalue weighted by Gasteiger charge is 2.04. The van der Waals surface area contributed by atoms with Crippen molar-refractivity contribution in [1.29, 1.82) is 0 Å². The van der Waals surface area contributed by atoms with Crippen LogP contribution in [0.5, 0.6) is 0 Å². The minimum atomic E-state index is -0.0249. The Morgan fingerprint density at radius 3 is 2.05 bits per heavy atom. The molecule has 0 amide bonds. The second kappa shape index (κ2) is 14.8. The van der Waals surface area contributed by atoms with E-state index in [1.165, 1.54) is 38.5 Å². The predicted molar refractivity (Wildman–Crippen MR) is 86.0 cm³/mol. The van der Waals surface area contributed by atoms with Crippen molar-refractivity contribution in [2.24, 2.45) is 0 Å². The van der Waals surface area contributed by atoms with Crippen LogP contribution in [0.25, 0.3) is 0 Å². The van der Waals surface area contributed by atoms with E-state index in [0.29, 0.717) is 13.0 Å². The summed E-state index contributed by atoms with van der Waals surface area (Å²) in [6.45, 7) is 10.3. The molecule has 120 valence electrons. The van der Waals surface area contributed by atoms with Gasteiger partial charge in [-0.1, -0.05) is 59.3 Å². The lowest BCUT2D eigenvalue weighted by Gasteiger charge is -2.17. The maximum Gasteiger partial charge on any atom is 0.305 e. The van der Waals surface area contributed by atoms with Gasteiger partial charge < -0.3 is 9.64 Å². The van der Waals surface area contributed by atoms with Crippen LogP contribution in [0.15, 0.2) is 0 Å². The first-order chi connectivity index (χ1) is 9.74. The molecular formula is C17H35NO2. The van der Waals surface area contributed by atoms with Gasteiger partial charge in [0.05, 0.1) is 6.61 Å². The van der Waals surface area contributed by atoms with Gasteiger partial charge in [0, 0.05) is 6.42 Å². The third-order valence-electron chi connectivity index (χ3n) is 3.76. The second-order valence-electron chi connectivity index (χ2n) is 5.47. The van der Waals surface area contributed by atoms with Crippen LogP contribution in [0.4, 0.5) is 0 Å². The number of nitrogens with zero attached hydrogens (tertiary/aromatic N) is 1. The van der Waals surface area contributed by atoms with Crippen LogP contribution in [0, 0.1) is 0 Å². The van der Waals surface area contributed by atoms with Gasteiger partial charge >= 0.3 is 5.97 Å². The fourth-order valence-corrected chi connectivity index (χ4v) is 2.30. The fourth-order valence-electron chi connectivity index (χ4n) is 2.30. The van der Waals surface area contributed by atoms with Crippen LogP contribution in [-0.4, -0.2) is 37.1 Å². The van der Waals surface area contributed by atoms with Crippen LogP contribution in [0.3, 0.4) is 0 Å². The van der Waals surface area contributed by atoms with Crippen molar-refractivity contribution in [3.05, 3.63) is 0 Å². The third-order valence-corrected chi connectivity index (χ3v) is 3.76. The van der Waals surface area contributed by atoms with Crippen LogP contribution in [0.1, 0.15) is 78.6 Å². The molecule has 0 aliphatic carbocycles. The first-order valence-electron chi connectivity index (χ1n) is 8.62. The smallest absolute Gasteiger partial charge is 0.305 e. The Morgan fingerprint density at radius 2 is 1.45 bits per heavy atom. The molecule has 3 nitrogen and oxygen atoms in total. The maximum absolute atomic E-state index is 11.5. The summed E-state index contributed by atoms with van der Waals surface area (Å²) in [5.74, 6) is -0.0249. The van der Waals surface area contributed by atoms with Crippen molar-refractivity contribution in [3.8, 4) is 0 Å². The number of hydrogen-bond acceptors (Lipinski definition) is 3. The van der Waals surface area contributed by atoms with Gasteiger partial charge in [-0.05, 0) is 32.5 Å². The SMILES string of the molecule is CCCCCCCCCOC(=O)CCCN(CC)CC. The zero-order chi connectivity index (χ0) is 15.1. The fraction of sp³-hybridized carbons (Fsp3) is 0.941. The first kappa shape index (κ1) is 19.4. The molecule has 0 aromatic heterocycles. The van der Waals surface area contributed by atoms with Gasteiger partial charge in [-0.25, -0.2) is 0 Å². The molecule has 0 N–H and O–H groups in total. The number of hydrogen-bond donors (Lipinski definition) is 0. The molecular weight excluding hydrogens is 250 g/mol. The Bertz CT molecular complexity index is 215. The summed E-state index contributed by atoms with van der Waals surface area (Å²) in [7, 11) is 0. The number of ether oxygens (including phenoxy) is 1. The van der Waals surface area contributed by atoms with Crippen LogP contribution >= 0.6 is 0 Å². The molecule has 0 radical (unpaired) electrons. The summed E-state index contributed by atoms with van der Waals surface area (Å²) < 4.78 is 5.26. The van der Waals surface area contributed by atoms with Crippen molar-refractivity contribution in [3.63, 3.8) is 0 Å². The molecule has 0 aromatic rings. The molecule has 3 heteroatoms. The normalized spacial score (nSPS) is 11.0. The van der Waals surface area contributed by atoms with E-state index in [2.05, 4.69) is 25.7 Å². The van der Waals surface area contributed by atoms with E-state index in [4.69, 9.17) is 4.74 Å². The highest BCUT2D eigenvalue weighted by Crippen LogP contribution is 2.07. The lowest BCUT2D eigenvalue weighted by atomic mass is 10.1. The summed E-state index contributed by atoms with van der Waals surface area (Å²) in [6.07, 6.45) is 10.3. The molecule has 0 aliphatic rings. The van der Waals surface area contributed by atoms with E-state index >= 15 is 0 Å². The molecule has 0 aromatic carbocycles. The lowest BCUT2D eigenvalue weighted by molar-refractivity contribution is -0.143. The number of carbonyl (C=O) groups excluding carboxylic acids is 1. The zero-order valence-electron chi connectivity index (χ0n) is 14.0. The molecule has 0 bridgehead atoms. The molecule has 0 atom stereocenters. The second-order valence-corrected chi connectivity index (χ2v) is 5.47. The van der Waals surface area contributed by atoms with Gasteiger partial charge in [-0.2, -0.15) is 0 Å². The maximum atomic E-state index is 11.5. The molecule has 0 unspecified atom stereocenters. The standard InChI is InChI=1S/C17H35NO2/c1-4-7-8-9-10-11-12-16-20-17(19)14-13-15-18(5-2)6-3/h4-16H2,1-3H3. The summed E-state index contributed by atoms with van der Waals surface area (Å²) >= 11 is 0.